The fourth-order valence-corrected chi connectivity index (χ4v) is 8.20. The Hall–Kier alpha value is 0. The highest BCUT2D eigenvalue weighted by molar-refractivity contribution is 4.86. The van der Waals surface area contributed by atoms with Crippen LogP contribution in [-0.2, 0) is 0 Å². The van der Waals surface area contributed by atoms with Gasteiger partial charge in [0.1, 0.15) is 0 Å². The summed E-state index contributed by atoms with van der Waals surface area (Å²) in [6.07, 6.45) is 1.30. The summed E-state index contributed by atoms with van der Waals surface area (Å²) in [5, 5.41) is 0. The van der Waals surface area contributed by atoms with Crippen molar-refractivity contribution in [1.29, 1.82) is 0 Å². The molecule has 0 saturated carbocycles. The molecule has 39 heavy (non-hydrogen) atoms. The van der Waals surface area contributed by atoms with Crippen LogP contribution in [0.2, 0.25) is 0 Å². The Morgan fingerprint density at radius 2 is 0.385 bits per heavy atom. The van der Waals surface area contributed by atoms with Crippen molar-refractivity contribution >= 4 is 0 Å². The summed E-state index contributed by atoms with van der Waals surface area (Å²) in [5.41, 5.74) is 0. The number of hydrogen-bond acceptors (Lipinski definition) is 0. The van der Waals surface area contributed by atoms with Crippen molar-refractivity contribution in [3.8, 4) is 0 Å². The molecule has 0 aliphatic heterocycles. The van der Waals surface area contributed by atoms with Crippen LogP contribution in [0.1, 0.15) is 145 Å². The molecular formula is C39H80. The first-order valence-electron chi connectivity index (χ1n) is 17.8. The maximum atomic E-state index is 2.58. The Balaban J connectivity index is 5.38. The topological polar surface area (TPSA) is 0 Å². The third-order valence-electron chi connectivity index (χ3n) is 15.0. The molecule has 0 fully saturated rings. The van der Waals surface area contributed by atoms with Crippen LogP contribution in [0, 0.1) is 107 Å². The van der Waals surface area contributed by atoms with Gasteiger partial charge in [0, 0.05) is 0 Å². The van der Waals surface area contributed by atoms with Gasteiger partial charge in [0.25, 0.3) is 0 Å². The van der Waals surface area contributed by atoms with Crippen molar-refractivity contribution in [3.63, 3.8) is 0 Å². The molecule has 0 aromatic heterocycles. The van der Waals surface area contributed by atoms with Gasteiger partial charge in [-0.25, -0.2) is 0 Å². The Morgan fingerprint density at radius 1 is 0.231 bits per heavy atom. The highest BCUT2D eigenvalue weighted by Gasteiger charge is 2.38. The third-order valence-corrected chi connectivity index (χ3v) is 15.0. The molecule has 0 aromatic carbocycles. The van der Waals surface area contributed by atoms with E-state index in [9.17, 15) is 0 Å². The minimum absolute atomic E-state index is 0.749. The summed E-state index contributed by atoms with van der Waals surface area (Å²) in [6.45, 7) is 50.4. The molecule has 0 aromatic rings. The van der Waals surface area contributed by atoms with E-state index in [0.29, 0.717) is 0 Å². The first-order chi connectivity index (χ1) is 17.8. The average Bonchev–Trinajstić information content (AvgIpc) is 2.93. The highest BCUT2D eigenvalue weighted by Crippen LogP contribution is 2.44. The van der Waals surface area contributed by atoms with Crippen molar-refractivity contribution in [3.05, 3.63) is 0 Å². The zero-order valence-electron chi connectivity index (χ0n) is 31.1. The van der Waals surface area contributed by atoms with E-state index in [2.05, 4.69) is 138 Å². The highest BCUT2D eigenvalue weighted by atomic mass is 14.4. The molecule has 17 atom stereocenters. The lowest BCUT2D eigenvalue weighted by Crippen LogP contribution is -2.37. The molecule has 0 aliphatic carbocycles. The lowest BCUT2D eigenvalue weighted by atomic mass is 9.62. The van der Waals surface area contributed by atoms with Crippen molar-refractivity contribution in [1.82, 2.24) is 0 Å². The van der Waals surface area contributed by atoms with Gasteiger partial charge in [0.05, 0.1) is 0 Å². The molecule has 0 nitrogen and oxygen atoms in total. The maximum Gasteiger partial charge on any atom is -0.0386 e. The van der Waals surface area contributed by atoms with Crippen LogP contribution < -0.4 is 0 Å². The van der Waals surface area contributed by atoms with Crippen LogP contribution in [-0.4, -0.2) is 0 Å². The van der Waals surface area contributed by atoms with Gasteiger partial charge in [-0.15, -0.1) is 0 Å². The molecular weight excluding hydrogens is 468 g/mol. The first-order valence-corrected chi connectivity index (χ1v) is 17.8. The van der Waals surface area contributed by atoms with Gasteiger partial charge in [-0.1, -0.05) is 145 Å². The molecule has 0 heteroatoms. The minimum Gasteiger partial charge on any atom is -0.0651 e. The molecule has 236 valence electrons. The van der Waals surface area contributed by atoms with Gasteiger partial charge in [-0.3, -0.25) is 0 Å². The Labute approximate surface area is 251 Å². The maximum absolute atomic E-state index is 2.58. The molecule has 0 N–H and O–H groups in total. The van der Waals surface area contributed by atoms with Crippen molar-refractivity contribution in [2.75, 3.05) is 0 Å². The Bertz CT molecular complexity index is 634. The van der Waals surface area contributed by atoms with E-state index in [1.54, 1.807) is 0 Å². The van der Waals surface area contributed by atoms with E-state index in [1.807, 2.05) is 0 Å². The molecule has 0 saturated heterocycles. The van der Waals surface area contributed by atoms with Gasteiger partial charge in [-0.05, 0) is 107 Å². The molecule has 0 aliphatic rings. The van der Waals surface area contributed by atoms with Gasteiger partial charge in [0.2, 0.25) is 0 Å². The van der Waals surface area contributed by atoms with E-state index in [-0.39, 0.29) is 0 Å². The largest absolute Gasteiger partial charge is 0.0651 e. The normalized spacial score (nSPS) is 26.1. The molecule has 0 rings (SSSR count). The van der Waals surface area contributed by atoms with Crippen molar-refractivity contribution in [2.24, 2.45) is 107 Å². The van der Waals surface area contributed by atoms with Gasteiger partial charge in [-0.2, -0.15) is 0 Å². The van der Waals surface area contributed by atoms with E-state index >= 15 is 0 Å². The van der Waals surface area contributed by atoms with Crippen LogP contribution in [0.3, 0.4) is 0 Å². The van der Waals surface area contributed by atoms with E-state index < -0.39 is 0 Å². The summed E-state index contributed by atoms with van der Waals surface area (Å²) >= 11 is 0. The molecule has 0 radical (unpaired) electrons. The van der Waals surface area contributed by atoms with Crippen LogP contribution in [0.4, 0.5) is 0 Å². The van der Waals surface area contributed by atoms with Crippen molar-refractivity contribution < 1.29 is 0 Å². The second kappa shape index (κ2) is 17.2. The van der Waals surface area contributed by atoms with Crippen LogP contribution in [0.15, 0.2) is 0 Å². The fourth-order valence-electron chi connectivity index (χ4n) is 8.20. The first kappa shape index (κ1) is 39.0. The quantitative estimate of drug-likeness (QED) is 0.160. The van der Waals surface area contributed by atoms with Crippen LogP contribution in [0.25, 0.3) is 0 Å². The summed E-state index contributed by atoms with van der Waals surface area (Å²) in [7, 11) is 0. The molecule has 0 bridgehead atoms. The summed E-state index contributed by atoms with van der Waals surface area (Å²) < 4.78 is 0. The second-order valence-corrected chi connectivity index (χ2v) is 16.4. The average molecular weight is 549 g/mol. The van der Waals surface area contributed by atoms with E-state index in [0.717, 1.165) is 107 Å². The predicted molar refractivity (Wildman–Crippen MR) is 181 cm³/mol. The monoisotopic (exact) mass is 549 g/mol. The van der Waals surface area contributed by atoms with E-state index in [1.165, 1.54) is 6.42 Å². The predicted octanol–water partition coefficient (Wildman–Crippen LogP) is 12.9. The number of hydrogen-bond donors (Lipinski definition) is 0. The smallest absolute Gasteiger partial charge is 0.0386 e. The zero-order chi connectivity index (χ0) is 31.1. The van der Waals surface area contributed by atoms with Crippen LogP contribution in [0.5, 0.6) is 0 Å². The number of rotatable bonds is 18. The van der Waals surface area contributed by atoms with Gasteiger partial charge >= 0.3 is 0 Å². The van der Waals surface area contributed by atoms with Gasteiger partial charge < -0.3 is 0 Å². The van der Waals surface area contributed by atoms with Gasteiger partial charge in [0.15, 0.2) is 0 Å². The zero-order valence-corrected chi connectivity index (χ0v) is 31.1. The van der Waals surface area contributed by atoms with E-state index in [4.69, 9.17) is 0 Å². The Kier molecular flexibility index (Phi) is 17.2. The van der Waals surface area contributed by atoms with Crippen LogP contribution >= 0.6 is 0 Å². The SMILES string of the molecule is CCC(C)C(C)C(C)C(C)C(C)C(C)C(C)C(C)C(C)C(C)C(C)C(C)C(C)C(C)C(C)C(C)C(C)C(C)C. The Morgan fingerprint density at radius 3 is 0.538 bits per heavy atom. The second-order valence-electron chi connectivity index (χ2n) is 16.4. The third kappa shape index (κ3) is 10.1. The molecule has 0 amide bonds. The molecule has 17 unspecified atom stereocenters. The fraction of sp³-hybridized carbons (Fsp3) is 1.00. The summed E-state index contributed by atoms with van der Waals surface area (Å²) in [4.78, 5) is 0. The summed E-state index contributed by atoms with van der Waals surface area (Å²) in [5.74, 6) is 13.8. The standard InChI is InChI=1S/C39H80/c1-21-23(4)25(6)27(8)29(10)31(12)33(14)35(16)37(18)39(20)38(19)36(17)34(15)32(13)30(11)28(9)26(7)24(5)22(2)3/h22-39H,21H2,1-20H3. The lowest BCUT2D eigenvalue weighted by molar-refractivity contribution is 0.0501. The minimum atomic E-state index is 0.749. The molecule has 0 spiro atoms. The lowest BCUT2D eigenvalue weighted by Gasteiger charge is -2.44. The molecule has 0 heterocycles. The summed E-state index contributed by atoms with van der Waals surface area (Å²) in [6, 6.07) is 0. The van der Waals surface area contributed by atoms with Crippen molar-refractivity contribution in [2.45, 2.75) is 145 Å².